The first-order valence-electron chi connectivity index (χ1n) is 11.0. The lowest BCUT2D eigenvalue weighted by Gasteiger charge is -2.16. The van der Waals surface area contributed by atoms with Crippen molar-refractivity contribution < 1.29 is 14.5 Å². The van der Waals surface area contributed by atoms with Gasteiger partial charge in [-0.2, -0.15) is 5.10 Å². The van der Waals surface area contributed by atoms with E-state index in [9.17, 15) is 14.9 Å². The SMILES string of the molecule is O=C(N/N=C\c1cccc(OCc2ccc([N+](=O)[O-])cc2)c1)C(c1ccccc1)c1ccccc1. The molecule has 0 bridgehead atoms. The Kier molecular flexibility index (Phi) is 7.60. The number of hydrogen-bond acceptors (Lipinski definition) is 5. The van der Waals surface area contributed by atoms with Crippen LogP contribution in [0.4, 0.5) is 5.69 Å². The van der Waals surface area contributed by atoms with Crippen LogP contribution in [0.1, 0.15) is 28.2 Å². The van der Waals surface area contributed by atoms with Crippen molar-refractivity contribution in [2.45, 2.75) is 12.5 Å². The lowest BCUT2D eigenvalue weighted by atomic mass is 9.91. The number of non-ortho nitro benzene ring substituents is 1. The number of rotatable bonds is 9. The molecule has 0 fully saturated rings. The molecule has 0 aliphatic carbocycles. The van der Waals surface area contributed by atoms with Crippen molar-refractivity contribution in [3.05, 3.63) is 142 Å². The molecule has 0 saturated heterocycles. The van der Waals surface area contributed by atoms with E-state index in [0.717, 1.165) is 22.3 Å². The molecule has 0 aliphatic rings. The lowest BCUT2D eigenvalue weighted by Crippen LogP contribution is -2.26. The topological polar surface area (TPSA) is 93.8 Å². The minimum atomic E-state index is -0.481. The Balaban J connectivity index is 1.40. The van der Waals surface area contributed by atoms with Crippen LogP contribution in [-0.2, 0) is 11.4 Å². The first kappa shape index (κ1) is 23.4. The second-order valence-corrected chi connectivity index (χ2v) is 7.77. The number of amides is 1. The summed E-state index contributed by atoms with van der Waals surface area (Å²) in [5.41, 5.74) is 6.02. The van der Waals surface area contributed by atoms with E-state index in [-0.39, 0.29) is 18.2 Å². The van der Waals surface area contributed by atoms with E-state index < -0.39 is 10.8 Å². The highest BCUT2D eigenvalue weighted by atomic mass is 16.6. The van der Waals surface area contributed by atoms with Gasteiger partial charge in [0.2, 0.25) is 0 Å². The van der Waals surface area contributed by atoms with E-state index >= 15 is 0 Å². The largest absolute Gasteiger partial charge is 0.489 e. The van der Waals surface area contributed by atoms with Gasteiger partial charge in [0.15, 0.2) is 0 Å². The second kappa shape index (κ2) is 11.4. The summed E-state index contributed by atoms with van der Waals surface area (Å²) in [5, 5.41) is 14.9. The van der Waals surface area contributed by atoms with Crippen molar-refractivity contribution in [2.75, 3.05) is 0 Å². The smallest absolute Gasteiger partial charge is 0.269 e. The van der Waals surface area contributed by atoms with E-state index in [0.29, 0.717) is 5.75 Å². The first-order valence-corrected chi connectivity index (χ1v) is 11.0. The Bertz CT molecular complexity index is 1270. The van der Waals surface area contributed by atoms with E-state index in [1.54, 1.807) is 24.4 Å². The molecule has 0 aromatic heterocycles. The minimum Gasteiger partial charge on any atom is -0.489 e. The molecule has 7 nitrogen and oxygen atoms in total. The van der Waals surface area contributed by atoms with Gasteiger partial charge in [0.25, 0.3) is 11.6 Å². The molecule has 0 spiro atoms. The summed E-state index contributed by atoms with van der Waals surface area (Å²) in [4.78, 5) is 23.4. The van der Waals surface area contributed by atoms with Gasteiger partial charge in [-0.25, -0.2) is 5.43 Å². The van der Waals surface area contributed by atoms with Gasteiger partial charge in [-0.15, -0.1) is 0 Å². The number of ether oxygens (including phenoxy) is 1. The van der Waals surface area contributed by atoms with Crippen LogP contribution < -0.4 is 10.2 Å². The molecule has 1 N–H and O–H groups in total. The second-order valence-electron chi connectivity index (χ2n) is 7.77. The summed E-state index contributed by atoms with van der Waals surface area (Å²) < 4.78 is 5.80. The number of carbonyl (C=O) groups excluding carboxylic acids is 1. The lowest BCUT2D eigenvalue weighted by molar-refractivity contribution is -0.384. The number of carbonyl (C=O) groups is 1. The van der Waals surface area contributed by atoms with Crippen LogP contribution in [0.3, 0.4) is 0 Å². The summed E-state index contributed by atoms with van der Waals surface area (Å²) in [6, 6.07) is 32.6. The van der Waals surface area contributed by atoms with Gasteiger partial charge < -0.3 is 4.74 Å². The number of nitro groups is 1. The molecule has 0 heterocycles. The maximum absolute atomic E-state index is 13.0. The molecular formula is C28H23N3O4. The summed E-state index contributed by atoms with van der Waals surface area (Å²) in [6.45, 7) is 0.269. The van der Waals surface area contributed by atoms with Crippen molar-refractivity contribution in [1.82, 2.24) is 5.43 Å². The molecular weight excluding hydrogens is 442 g/mol. The zero-order chi connectivity index (χ0) is 24.5. The number of hydrogen-bond donors (Lipinski definition) is 1. The van der Waals surface area contributed by atoms with E-state index in [1.165, 1.54) is 12.1 Å². The number of nitrogens with zero attached hydrogens (tertiary/aromatic N) is 2. The van der Waals surface area contributed by atoms with E-state index in [4.69, 9.17) is 4.74 Å². The summed E-state index contributed by atoms with van der Waals surface area (Å²) >= 11 is 0. The Morgan fingerprint density at radius 2 is 1.51 bits per heavy atom. The molecule has 174 valence electrons. The average molecular weight is 466 g/mol. The van der Waals surface area contributed by atoms with Gasteiger partial charge in [-0.3, -0.25) is 14.9 Å². The fourth-order valence-electron chi connectivity index (χ4n) is 3.59. The molecule has 35 heavy (non-hydrogen) atoms. The van der Waals surface area contributed by atoms with Crippen LogP contribution in [0.15, 0.2) is 114 Å². The molecule has 0 radical (unpaired) electrons. The predicted molar refractivity (Wildman–Crippen MR) is 134 cm³/mol. The Morgan fingerprint density at radius 1 is 0.886 bits per heavy atom. The van der Waals surface area contributed by atoms with Gasteiger partial charge >= 0.3 is 0 Å². The Labute approximate surface area is 202 Å². The molecule has 0 unspecified atom stereocenters. The molecule has 0 atom stereocenters. The van der Waals surface area contributed by atoms with Crippen LogP contribution in [0.2, 0.25) is 0 Å². The average Bonchev–Trinajstić information content (AvgIpc) is 2.89. The molecule has 4 rings (SSSR count). The highest BCUT2D eigenvalue weighted by Crippen LogP contribution is 2.24. The maximum Gasteiger partial charge on any atom is 0.269 e. The Hall–Kier alpha value is -4.78. The van der Waals surface area contributed by atoms with Crippen molar-refractivity contribution in [2.24, 2.45) is 5.10 Å². The number of hydrazone groups is 1. The van der Waals surface area contributed by atoms with E-state index in [2.05, 4.69) is 10.5 Å². The highest BCUT2D eigenvalue weighted by molar-refractivity contribution is 5.88. The van der Waals surface area contributed by atoms with Crippen LogP contribution in [0, 0.1) is 10.1 Å². The van der Waals surface area contributed by atoms with Gasteiger partial charge in [0, 0.05) is 12.1 Å². The fourth-order valence-corrected chi connectivity index (χ4v) is 3.59. The zero-order valence-electron chi connectivity index (χ0n) is 18.8. The third kappa shape index (κ3) is 6.39. The van der Waals surface area contributed by atoms with Crippen LogP contribution in [0.5, 0.6) is 5.75 Å². The molecule has 0 saturated carbocycles. The Morgan fingerprint density at radius 3 is 2.11 bits per heavy atom. The summed E-state index contributed by atoms with van der Waals surface area (Å²) in [6.07, 6.45) is 1.56. The standard InChI is InChI=1S/C28H23N3O4/c32-28(27(23-9-3-1-4-10-23)24-11-5-2-6-12-24)30-29-19-22-8-7-13-26(18-22)35-20-21-14-16-25(17-15-21)31(33)34/h1-19,27H,20H2,(H,30,32)/b29-19-. The van der Waals surface area contributed by atoms with Gasteiger partial charge in [-0.05, 0) is 46.5 Å². The molecule has 4 aromatic carbocycles. The highest BCUT2D eigenvalue weighted by Gasteiger charge is 2.22. The first-order chi connectivity index (χ1) is 17.1. The number of nitrogens with one attached hydrogen (secondary N) is 1. The van der Waals surface area contributed by atoms with E-state index in [1.807, 2.05) is 78.9 Å². The summed E-state index contributed by atoms with van der Waals surface area (Å²) in [7, 11) is 0. The van der Waals surface area contributed by atoms with Gasteiger partial charge in [-0.1, -0.05) is 72.8 Å². The fraction of sp³-hybridized carbons (Fsp3) is 0.0714. The van der Waals surface area contributed by atoms with Crippen LogP contribution in [-0.4, -0.2) is 17.0 Å². The van der Waals surface area contributed by atoms with Crippen molar-refractivity contribution in [1.29, 1.82) is 0 Å². The van der Waals surface area contributed by atoms with Crippen molar-refractivity contribution in [3.63, 3.8) is 0 Å². The third-order valence-electron chi connectivity index (χ3n) is 5.33. The molecule has 1 amide bonds. The number of nitro benzene ring substituents is 1. The molecule has 7 heteroatoms. The van der Waals surface area contributed by atoms with Gasteiger partial charge in [0.1, 0.15) is 12.4 Å². The quantitative estimate of drug-likeness (QED) is 0.202. The minimum absolute atomic E-state index is 0.0378. The predicted octanol–water partition coefficient (Wildman–Crippen LogP) is 5.46. The monoisotopic (exact) mass is 465 g/mol. The summed E-state index contributed by atoms with van der Waals surface area (Å²) in [5.74, 6) is -0.0970. The van der Waals surface area contributed by atoms with Crippen LogP contribution >= 0.6 is 0 Å². The van der Waals surface area contributed by atoms with Crippen LogP contribution in [0.25, 0.3) is 0 Å². The molecule has 4 aromatic rings. The zero-order valence-corrected chi connectivity index (χ0v) is 18.8. The normalized spacial score (nSPS) is 10.9. The van der Waals surface area contributed by atoms with Gasteiger partial charge in [0.05, 0.1) is 17.1 Å². The molecule has 0 aliphatic heterocycles. The third-order valence-corrected chi connectivity index (χ3v) is 5.33. The number of benzene rings is 4. The van der Waals surface area contributed by atoms with Crippen molar-refractivity contribution >= 4 is 17.8 Å². The maximum atomic E-state index is 13.0. The van der Waals surface area contributed by atoms with Crippen molar-refractivity contribution in [3.8, 4) is 5.75 Å².